The lowest BCUT2D eigenvalue weighted by Gasteiger charge is -2.43. The number of benzene rings is 1. The molecule has 1 atom stereocenters. The molecule has 3 aromatic rings. The first kappa shape index (κ1) is 23.4. The molecule has 5 N–H and O–H groups in total. The van der Waals surface area contributed by atoms with E-state index in [9.17, 15) is 5.11 Å². The highest BCUT2D eigenvalue weighted by Gasteiger charge is 2.46. The smallest absolute Gasteiger partial charge is 0.153 e. The maximum absolute atomic E-state index is 10.9. The van der Waals surface area contributed by atoms with Crippen LogP contribution < -0.4 is 16.4 Å². The second-order valence-electron chi connectivity index (χ2n) is 9.75. The van der Waals surface area contributed by atoms with Crippen LogP contribution in [0.2, 0.25) is 5.02 Å². The summed E-state index contributed by atoms with van der Waals surface area (Å²) in [6, 6.07) is 10.4. The minimum atomic E-state index is -1.16. The molecule has 1 aromatic carbocycles. The molecule has 0 saturated carbocycles. The molecule has 0 radical (unpaired) electrons. The van der Waals surface area contributed by atoms with Crippen LogP contribution in [-0.4, -0.2) is 33.1 Å². The fourth-order valence-electron chi connectivity index (χ4n) is 5.16. The maximum atomic E-state index is 10.9. The highest BCUT2D eigenvalue weighted by molar-refractivity contribution is 7.99. The van der Waals surface area contributed by atoms with Crippen LogP contribution in [-0.2, 0) is 12.0 Å². The molecule has 0 unspecified atom stereocenters. The van der Waals surface area contributed by atoms with E-state index in [-0.39, 0.29) is 17.3 Å². The van der Waals surface area contributed by atoms with Gasteiger partial charge < -0.3 is 21.5 Å². The van der Waals surface area contributed by atoms with Crippen LogP contribution in [0.1, 0.15) is 49.6 Å². The number of aromatic nitrogens is 3. The van der Waals surface area contributed by atoms with Gasteiger partial charge in [-0.05, 0) is 55.7 Å². The van der Waals surface area contributed by atoms with Gasteiger partial charge in [0, 0.05) is 30.2 Å². The highest BCUT2D eigenvalue weighted by atomic mass is 35.5. The van der Waals surface area contributed by atoms with Gasteiger partial charge in [0.05, 0.1) is 11.2 Å². The van der Waals surface area contributed by atoms with Gasteiger partial charge in [-0.25, -0.2) is 15.0 Å². The molecule has 34 heavy (non-hydrogen) atoms. The minimum absolute atomic E-state index is 0.0574. The quantitative estimate of drug-likeness (QED) is 0.489. The van der Waals surface area contributed by atoms with Crippen LogP contribution in [0.4, 0.5) is 11.6 Å². The number of pyridine rings is 1. The van der Waals surface area contributed by atoms with Crippen LogP contribution in [0.15, 0.2) is 52.6 Å². The first-order valence-corrected chi connectivity index (χ1v) is 12.6. The average molecular weight is 497 g/mol. The Balaban J connectivity index is 1.39. The number of piperidine rings is 1. The standard InChI is InChI=1S/C25H29ClN6OS/c1-24(2,33)21-23(30-14-18(31-21)34-17-7-10-29-22(28)19(17)26)32-11-8-25(9-12-32)13-15-5-3-4-6-16(15)20(25)27/h3-7,10,14,20,33H,8-9,11-13,27H2,1-2H3,(H2,28,29)/t20-/m1/s1. The first-order chi connectivity index (χ1) is 16.2. The molecule has 2 aliphatic rings. The van der Waals surface area contributed by atoms with E-state index in [0.717, 1.165) is 43.1 Å². The SMILES string of the molecule is CC(C)(O)c1nc(Sc2ccnc(N)c2Cl)cnc1N1CCC2(CC1)Cc1ccccc1[C@H]2N. The Morgan fingerprint density at radius 2 is 1.91 bits per heavy atom. The largest absolute Gasteiger partial charge is 0.384 e. The zero-order valence-corrected chi connectivity index (χ0v) is 20.9. The van der Waals surface area contributed by atoms with E-state index in [4.69, 9.17) is 33.0 Å². The van der Waals surface area contributed by atoms with Crippen molar-refractivity contribution in [2.75, 3.05) is 23.7 Å². The van der Waals surface area contributed by atoms with Crippen molar-refractivity contribution in [3.63, 3.8) is 0 Å². The molecule has 1 saturated heterocycles. The first-order valence-electron chi connectivity index (χ1n) is 11.4. The molecule has 9 heteroatoms. The summed E-state index contributed by atoms with van der Waals surface area (Å²) in [5.41, 5.74) is 14.7. The van der Waals surface area contributed by atoms with Gasteiger partial charge in [-0.3, -0.25) is 0 Å². The molecule has 2 aromatic heterocycles. The summed E-state index contributed by atoms with van der Waals surface area (Å²) in [6.07, 6.45) is 6.30. The van der Waals surface area contributed by atoms with Crippen molar-refractivity contribution in [1.82, 2.24) is 15.0 Å². The zero-order chi connectivity index (χ0) is 24.1. The monoisotopic (exact) mass is 496 g/mol. The molecule has 1 aliphatic heterocycles. The van der Waals surface area contributed by atoms with E-state index in [1.807, 2.05) is 0 Å². The number of hydrogen-bond acceptors (Lipinski definition) is 8. The lowest BCUT2D eigenvalue weighted by atomic mass is 9.73. The van der Waals surface area contributed by atoms with E-state index < -0.39 is 5.60 Å². The van der Waals surface area contributed by atoms with Crippen molar-refractivity contribution < 1.29 is 5.11 Å². The predicted octanol–water partition coefficient (Wildman–Crippen LogP) is 4.33. The summed E-state index contributed by atoms with van der Waals surface area (Å²) in [7, 11) is 0. The van der Waals surface area contributed by atoms with Crippen LogP contribution in [0.25, 0.3) is 0 Å². The summed E-state index contributed by atoms with van der Waals surface area (Å²) < 4.78 is 0. The highest BCUT2D eigenvalue weighted by Crippen LogP contribution is 2.51. The number of nitrogens with two attached hydrogens (primary N) is 2. The summed E-state index contributed by atoms with van der Waals surface area (Å²) in [4.78, 5) is 16.5. The number of hydrogen-bond donors (Lipinski definition) is 3. The van der Waals surface area contributed by atoms with Crippen molar-refractivity contribution in [3.05, 3.63) is 64.6 Å². The summed E-state index contributed by atoms with van der Waals surface area (Å²) in [5, 5.41) is 12.0. The molecular formula is C25H29ClN6OS. The van der Waals surface area contributed by atoms with Gasteiger partial charge in [0.15, 0.2) is 5.82 Å². The fourth-order valence-corrected chi connectivity index (χ4v) is 6.18. The second kappa shape index (κ2) is 8.68. The van der Waals surface area contributed by atoms with Gasteiger partial charge in [-0.1, -0.05) is 47.6 Å². The fraction of sp³-hybridized carbons (Fsp3) is 0.400. The van der Waals surface area contributed by atoms with Crippen LogP contribution in [0.3, 0.4) is 0 Å². The Morgan fingerprint density at radius 1 is 1.18 bits per heavy atom. The molecule has 7 nitrogen and oxygen atoms in total. The Morgan fingerprint density at radius 3 is 2.62 bits per heavy atom. The van der Waals surface area contributed by atoms with Gasteiger partial charge >= 0.3 is 0 Å². The van der Waals surface area contributed by atoms with Crippen molar-refractivity contribution in [2.45, 2.75) is 54.7 Å². The van der Waals surface area contributed by atoms with Crippen LogP contribution in [0.5, 0.6) is 0 Å². The Bertz CT molecular complexity index is 1220. The maximum Gasteiger partial charge on any atom is 0.153 e. The van der Waals surface area contributed by atoms with Crippen LogP contribution >= 0.6 is 23.4 Å². The molecule has 5 rings (SSSR count). The normalized spacial score (nSPS) is 19.4. The molecule has 178 valence electrons. The third kappa shape index (κ3) is 4.13. The number of nitrogens with zero attached hydrogens (tertiary/aromatic N) is 4. The zero-order valence-electron chi connectivity index (χ0n) is 19.3. The van der Waals surface area contributed by atoms with E-state index in [2.05, 4.69) is 34.1 Å². The van der Waals surface area contributed by atoms with Gasteiger partial charge in [-0.15, -0.1) is 0 Å². The number of nitrogen functional groups attached to an aromatic ring is 1. The van der Waals surface area contributed by atoms with Crippen LogP contribution in [0, 0.1) is 5.41 Å². The van der Waals surface area contributed by atoms with Crippen molar-refractivity contribution in [1.29, 1.82) is 0 Å². The average Bonchev–Trinajstić information content (AvgIpc) is 3.08. The number of aliphatic hydroxyl groups is 1. The third-order valence-corrected chi connectivity index (χ3v) is 8.53. The number of anilines is 2. The number of fused-ring (bicyclic) bond motifs is 1. The molecule has 3 heterocycles. The molecular weight excluding hydrogens is 468 g/mol. The third-order valence-electron chi connectivity index (χ3n) is 7.06. The minimum Gasteiger partial charge on any atom is -0.384 e. The second-order valence-corrected chi connectivity index (χ2v) is 11.2. The van der Waals surface area contributed by atoms with Crippen molar-refractivity contribution in [2.24, 2.45) is 11.1 Å². The Kier molecular flexibility index (Phi) is 5.96. The summed E-state index contributed by atoms with van der Waals surface area (Å²) in [6.45, 7) is 5.11. The van der Waals surface area contributed by atoms with E-state index in [1.165, 1.54) is 22.9 Å². The number of rotatable bonds is 4. The van der Waals surface area contributed by atoms with Crippen molar-refractivity contribution >= 4 is 35.0 Å². The molecule has 1 aliphatic carbocycles. The molecule has 1 spiro atoms. The van der Waals surface area contributed by atoms with E-state index >= 15 is 0 Å². The Labute approximate surface area is 209 Å². The Hall–Kier alpha value is -2.39. The van der Waals surface area contributed by atoms with Gasteiger partial charge in [-0.2, -0.15) is 0 Å². The lowest BCUT2D eigenvalue weighted by molar-refractivity contribution is 0.0729. The van der Waals surface area contributed by atoms with Gasteiger partial charge in [0.1, 0.15) is 22.1 Å². The predicted molar refractivity (Wildman–Crippen MR) is 136 cm³/mol. The summed E-state index contributed by atoms with van der Waals surface area (Å²) >= 11 is 7.66. The summed E-state index contributed by atoms with van der Waals surface area (Å²) in [5.74, 6) is 0.990. The van der Waals surface area contributed by atoms with Gasteiger partial charge in [0.25, 0.3) is 0 Å². The number of halogens is 1. The lowest BCUT2D eigenvalue weighted by Crippen LogP contribution is -2.45. The molecule has 1 fully saturated rings. The molecule has 0 bridgehead atoms. The van der Waals surface area contributed by atoms with Crippen molar-refractivity contribution in [3.8, 4) is 0 Å². The van der Waals surface area contributed by atoms with E-state index in [0.29, 0.717) is 15.7 Å². The van der Waals surface area contributed by atoms with E-state index in [1.54, 1.807) is 32.3 Å². The molecule has 0 amide bonds. The topological polar surface area (TPSA) is 114 Å². The van der Waals surface area contributed by atoms with Gasteiger partial charge in [0.2, 0.25) is 0 Å².